The monoisotopic (exact) mass is 426 g/mol. The first kappa shape index (κ1) is 22.5. The highest BCUT2D eigenvalue weighted by atomic mass is 16.1. The van der Waals surface area contributed by atoms with Crippen LogP contribution in [0, 0.1) is 56.2 Å². The summed E-state index contributed by atoms with van der Waals surface area (Å²) in [5.41, 5.74) is 2.18. The molecule has 0 aliphatic heterocycles. The second kappa shape index (κ2) is 6.41. The van der Waals surface area contributed by atoms with Crippen LogP contribution in [0.5, 0.6) is 0 Å². The predicted octanol–water partition coefficient (Wildman–Crippen LogP) is 8.46. The van der Waals surface area contributed by atoms with E-state index in [0.29, 0.717) is 38.8 Å². The van der Waals surface area contributed by atoms with Crippen molar-refractivity contribution < 1.29 is 4.79 Å². The van der Waals surface area contributed by atoms with E-state index in [9.17, 15) is 4.79 Å². The van der Waals surface area contributed by atoms with Gasteiger partial charge in [0.2, 0.25) is 0 Å². The predicted molar refractivity (Wildman–Crippen MR) is 130 cm³/mol. The number of Topliss-reactive ketones (excluding diaryl/α,β-unsaturated/α-hetero) is 1. The molecule has 1 heteroatoms. The molecule has 0 heterocycles. The molecule has 5 aliphatic carbocycles. The Bertz CT molecular complexity index is 777. The van der Waals surface area contributed by atoms with E-state index in [4.69, 9.17) is 0 Å². The molecule has 5 fully saturated rings. The molecule has 0 N–H and O–H groups in total. The van der Waals surface area contributed by atoms with Crippen molar-refractivity contribution in [2.75, 3.05) is 0 Å². The molecule has 5 aliphatic rings. The number of hydrogen-bond acceptors (Lipinski definition) is 1. The van der Waals surface area contributed by atoms with Crippen LogP contribution in [0.4, 0.5) is 0 Å². The zero-order valence-corrected chi connectivity index (χ0v) is 22.0. The fraction of sp³-hybridized carbons (Fsp3) is 0.967. The lowest BCUT2D eigenvalue weighted by Gasteiger charge is -2.74. The van der Waals surface area contributed by atoms with Crippen LogP contribution in [0.3, 0.4) is 0 Å². The first-order valence-electron chi connectivity index (χ1n) is 13.8. The zero-order chi connectivity index (χ0) is 22.7. The average molecular weight is 427 g/mol. The minimum atomic E-state index is -0.122. The number of carbonyl (C=O) groups is 1. The smallest absolute Gasteiger partial charge is 0.138 e. The van der Waals surface area contributed by atoms with E-state index in [1.54, 1.807) is 0 Å². The maximum absolute atomic E-state index is 12.9. The summed E-state index contributed by atoms with van der Waals surface area (Å²) in [6.45, 7) is 20.5. The maximum atomic E-state index is 12.9. The summed E-state index contributed by atoms with van der Waals surface area (Å²) in [7, 11) is 0. The fourth-order valence-electron chi connectivity index (χ4n) is 12.0. The van der Waals surface area contributed by atoms with Crippen molar-refractivity contribution in [3.8, 4) is 0 Å². The van der Waals surface area contributed by atoms with Gasteiger partial charge in [-0.25, -0.2) is 0 Å². The van der Waals surface area contributed by atoms with Crippen molar-refractivity contribution in [1.29, 1.82) is 0 Å². The van der Waals surface area contributed by atoms with Gasteiger partial charge in [-0.05, 0) is 109 Å². The number of ketones is 1. The van der Waals surface area contributed by atoms with Gasteiger partial charge in [-0.15, -0.1) is 0 Å². The summed E-state index contributed by atoms with van der Waals surface area (Å²) < 4.78 is 0. The van der Waals surface area contributed by atoms with E-state index in [0.717, 1.165) is 30.6 Å². The second-order valence-corrected chi connectivity index (χ2v) is 15.2. The van der Waals surface area contributed by atoms with Gasteiger partial charge in [-0.1, -0.05) is 61.8 Å². The summed E-state index contributed by atoms with van der Waals surface area (Å²) in [6.07, 6.45) is 14.7. The Morgan fingerprint density at radius 3 is 1.68 bits per heavy atom. The Morgan fingerprint density at radius 1 is 0.581 bits per heavy atom. The molecule has 8 atom stereocenters. The Kier molecular flexibility index (Phi) is 4.65. The van der Waals surface area contributed by atoms with Gasteiger partial charge >= 0.3 is 0 Å². The van der Waals surface area contributed by atoms with Crippen LogP contribution in [0.15, 0.2) is 0 Å². The highest BCUT2D eigenvalue weighted by Crippen LogP contribution is 2.77. The summed E-state index contributed by atoms with van der Waals surface area (Å²) in [5.74, 6) is 3.71. The van der Waals surface area contributed by atoms with E-state index in [1.807, 2.05) is 0 Å². The lowest BCUT2D eigenvalue weighted by molar-refractivity contribution is -0.253. The summed E-state index contributed by atoms with van der Waals surface area (Å²) in [5, 5.41) is 0. The molecule has 5 rings (SSSR count). The Labute approximate surface area is 192 Å². The molecule has 0 spiro atoms. The maximum Gasteiger partial charge on any atom is 0.138 e. The van der Waals surface area contributed by atoms with Crippen LogP contribution in [0.2, 0.25) is 0 Å². The first-order chi connectivity index (χ1) is 14.2. The Morgan fingerprint density at radius 2 is 1.10 bits per heavy atom. The van der Waals surface area contributed by atoms with Gasteiger partial charge in [0.05, 0.1) is 0 Å². The fourth-order valence-corrected chi connectivity index (χ4v) is 12.0. The second-order valence-electron chi connectivity index (χ2n) is 15.2. The SMILES string of the molecule is CC1(C)CCC[C@]2(C)[C@H]3CC[C@@H]4[C@@]5(C)CCC(=O)C(C)(C)[C@@H]5CC[C@@]4(C)[C@]3(C)CC[C@@H]12. The van der Waals surface area contributed by atoms with Gasteiger partial charge in [0, 0.05) is 11.8 Å². The molecule has 0 aromatic carbocycles. The lowest BCUT2D eigenvalue weighted by atomic mass is 9.30. The summed E-state index contributed by atoms with van der Waals surface area (Å²) in [4.78, 5) is 12.9. The molecule has 0 unspecified atom stereocenters. The largest absolute Gasteiger partial charge is 0.299 e. The normalized spacial score (nSPS) is 55.4. The van der Waals surface area contributed by atoms with Crippen molar-refractivity contribution in [1.82, 2.24) is 0 Å². The minimum Gasteiger partial charge on any atom is -0.299 e. The first-order valence-corrected chi connectivity index (χ1v) is 13.8. The molecule has 0 radical (unpaired) electrons. The Balaban J connectivity index is 1.55. The van der Waals surface area contributed by atoms with Crippen LogP contribution in [-0.2, 0) is 4.79 Å². The lowest BCUT2D eigenvalue weighted by Crippen LogP contribution is -2.67. The number of rotatable bonds is 0. The van der Waals surface area contributed by atoms with Crippen molar-refractivity contribution in [3.63, 3.8) is 0 Å². The van der Waals surface area contributed by atoms with Gasteiger partial charge in [-0.3, -0.25) is 4.79 Å². The van der Waals surface area contributed by atoms with E-state index in [-0.39, 0.29) is 5.41 Å². The number of hydrogen-bond donors (Lipinski definition) is 0. The zero-order valence-electron chi connectivity index (χ0n) is 22.0. The molecule has 0 aromatic rings. The summed E-state index contributed by atoms with van der Waals surface area (Å²) >= 11 is 0. The number of fused-ring (bicyclic) bond motifs is 7. The molecular weight excluding hydrogens is 376 g/mol. The third-order valence-corrected chi connectivity index (χ3v) is 13.6. The molecule has 5 saturated carbocycles. The molecule has 1 nitrogen and oxygen atoms in total. The van der Waals surface area contributed by atoms with E-state index < -0.39 is 0 Å². The molecule has 176 valence electrons. The molecular formula is C30H50O. The Hall–Kier alpha value is -0.330. The van der Waals surface area contributed by atoms with Crippen molar-refractivity contribution in [2.45, 2.75) is 126 Å². The van der Waals surface area contributed by atoms with Gasteiger partial charge in [0.25, 0.3) is 0 Å². The molecule has 0 bridgehead atoms. The van der Waals surface area contributed by atoms with Gasteiger partial charge in [0.15, 0.2) is 0 Å². The average Bonchev–Trinajstić information content (AvgIpc) is 2.65. The minimum absolute atomic E-state index is 0.122. The van der Waals surface area contributed by atoms with Crippen molar-refractivity contribution in [2.24, 2.45) is 56.2 Å². The van der Waals surface area contributed by atoms with E-state index in [2.05, 4.69) is 55.4 Å². The molecule has 31 heavy (non-hydrogen) atoms. The van der Waals surface area contributed by atoms with Crippen LogP contribution < -0.4 is 0 Å². The summed E-state index contributed by atoms with van der Waals surface area (Å²) in [6, 6.07) is 0. The van der Waals surface area contributed by atoms with E-state index in [1.165, 1.54) is 57.8 Å². The van der Waals surface area contributed by atoms with Crippen LogP contribution in [0.25, 0.3) is 0 Å². The molecule has 0 saturated heterocycles. The van der Waals surface area contributed by atoms with Crippen LogP contribution in [-0.4, -0.2) is 5.78 Å². The third-order valence-electron chi connectivity index (χ3n) is 13.6. The third kappa shape index (κ3) is 2.59. The molecule has 0 aromatic heterocycles. The van der Waals surface area contributed by atoms with Crippen molar-refractivity contribution in [3.05, 3.63) is 0 Å². The van der Waals surface area contributed by atoms with Gasteiger partial charge < -0.3 is 0 Å². The molecule has 0 amide bonds. The topological polar surface area (TPSA) is 17.1 Å². The van der Waals surface area contributed by atoms with Crippen molar-refractivity contribution >= 4 is 5.78 Å². The highest BCUT2D eigenvalue weighted by Gasteiger charge is 2.70. The standard InChI is InChI=1S/C30H50O/c1-25(2)15-9-16-27(5)20(25)12-18-29(7)22(27)10-11-23-28(6)17-14-24(31)26(3,4)21(28)13-19-30(23,29)8/h20-23H,9-19H2,1-8H3/t20-,21-,22+,23+,27-,28-,29+,30+/m0/s1. The van der Waals surface area contributed by atoms with Gasteiger partial charge in [0.1, 0.15) is 5.78 Å². The number of carbonyl (C=O) groups excluding carboxylic acids is 1. The van der Waals surface area contributed by atoms with Gasteiger partial charge in [-0.2, -0.15) is 0 Å². The van der Waals surface area contributed by atoms with Crippen LogP contribution >= 0.6 is 0 Å². The van der Waals surface area contributed by atoms with Crippen LogP contribution in [0.1, 0.15) is 126 Å². The quantitative estimate of drug-likeness (QED) is 0.379. The van der Waals surface area contributed by atoms with E-state index >= 15 is 0 Å². The highest BCUT2D eigenvalue weighted by molar-refractivity contribution is 5.85.